The lowest BCUT2D eigenvalue weighted by molar-refractivity contribution is -0.142. The maximum Gasteiger partial charge on any atom is 0.302 e. The first-order valence-electron chi connectivity index (χ1n) is 4.73. The van der Waals surface area contributed by atoms with Crippen LogP contribution in [0.3, 0.4) is 0 Å². The number of esters is 1. The smallest absolute Gasteiger partial charge is 0.302 e. The van der Waals surface area contributed by atoms with Crippen LogP contribution in [0.15, 0.2) is 36.5 Å². The first-order chi connectivity index (χ1) is 7.27. The predicted octanol–water partition coefficient (Wildman–Crippen LogP) is 2.30. The average molecular weight is 201 g/mol. The van der Waals surface area contributed by atoms with Gasteiger partial charge in [0.1, 0.15) is 6.61 Å². The van der Waals surface area contributed by atoms with Gasteiger partial charge in [-0.3, -0.25) is 9.78 Å². The standard InChI is InChI=1S/C12H11NO2/c1-9(14)15-8-10-6-7-13-12-5-3-2-4-11(10)12/h2-7H,8H2,1H3. The molecule has 0 aliphatic carbocycles. The summed E-state index contributed by atoms with van der Waals surface area (Å²) in [6.07, 6.45) is 1.72. The average Bonchev–Trinajstić information content (AvgIpc) is 2.26. The van der Waals surface area contributed by atoms with Crippen LogP contribution in [-0.2, 0) is 16.1 Å². The lowest BCUT2D eigenvalue weighted by Crippen LogP contribution is -1.99. The van der Waals surface area contributed by atoms with Crippen LogP contribution < -0.4 is 0 Å². The molecule has 0 spiro atoms. The number of ether oxygens (including phenoxy) is 1. The summed E-state index contributed by atoms with van der Waals surface area (Å²) in [6.45, 7) is 1.71. The molecule has 0 fully saturated rings. The molecular weight excluding hydrogens is 190 g/mol. The molecule has 1 aromatic carbocycles. The summed E-state index contributed by atoms with van der Waals surface area (Å²) in [7, 11) is 0. The van der Waals surface area contributed by atoms with Gasteiger partial charge in [-0.1, -0.05) is 18.2 Å². The summed E-state index contributed by atoms with van der Waals surface area (Å²) in [5.74, 6) is -0.268. The molecule has 2 rings (SSSR count). The van der Waals surface area contributed by atoms with E-state index in [2.05, 4.69) is 4.98 Å². The van der Waals surface area contributed by atoms with Gasteiger partial charge in [-0.2, -0.15) is 0 Å². The van der Waals surface area contributed by atoms with E-state index in [0.29, 0.717) is 6.61 Å². The van der Waals surface area contributed by atoms with E-state index in [1.165, 1.54) is 6.92 Å². The Kier molecular flexibility index (Phi) is 2.63. The van der Waals surface area contributed by atoms with Crippen molar-refractivity contribution in [3.8, 4) is 0 Å². The van der Waals surface area contributed by atoms with E-state index >= 15 is 0 Å². The van der Waals surface area contributed by atoms with E-state index in [1.54, 1.807) is 6.20 Å². The Morgan fingerprint density at radius 2 is 2.13 bits per heavy atom. The van der Waals surface area contributed by atoms with E-state index in [4.69, 9.17) is 4.74 Å². The number of hydrogen-bond acceptors (Lipinski definition) is 3. The summed E-state index contributed by atoms with van der Waals surface area (Å²) < 4.78 is 4.97. The molecule has 1 heterocycles. The molecule has 1 aromatic heterocycles. The van der Waals surface area contributed by atoms with Crippen LogP contribution in [-0.4, -0.2) is 11.0 Å². The molecule has 3 nitrogen and oxygen atoms in total. The van der Waals surface area contributed by atoms with Gasteiger partial charge in [-0.15, -0.1) is 0 Å². The van der Waals surface area contributed by atoms with Crippen molar-refractivity contribution in [1.29, 1.82) is 0 Å². The van der Waals surface area contributed by atoms with E-state index in [0.717, 1.165) is 16.5 Å². The van der Waals surface area contributed by atoms with Gasteiger partial charge in [0.15, 0.2) is 0 Å². The van der Waals surface area contributed by atoms with Crippen LogP contribution >= 0.6 is 0 Å². The number of benzene rings is 1. The number of nitrogens with zero attached hydrogens (tertiary/aromatic N) is 1. The monoisotopic (exact) mass is 201 g/mol. The molecule has 0 saturated carbocycles. The predicted molar refractivity (Wildman–Crippen MR) is 57.2 cm³/mol. The van der Waals surface area contributed by atoms with Gasteiger partial charge in [-0.25, -0.2) is 0 Å². The lowest BCUT2D eigenvalue weighted by atomic mass is 10.1. The SMILES string of the molecule is CC(=O)OCc1ccnc2ccccc12. The number of carbonyl (C=O) groups excluding carboxylic acids is 1. The van der Waals surface area contributed by atoms with Gasteiger partial charge < -0.3 is 4.74 Å². The molecular formula is C12H11NO2. The summed E-state index contributed by atoms with van der Waals surface area (Å²) in [4.78, 5) is 14.9. The highest BCUT2D eigenvalue weighted by Gasteiger charge is 2.02. The number of rotatable bonds is 2. The molecule has 0 atom stereocenters. The van der Waals surface area contributed by atoms with E-state index in [1.807, 2.05) is 30.3 Å². The third-order valence-electron chi connectivity index (χ3n) is 2.17. The molecule has 0 aliphatic rings. The normalized spacial score (nSPS) is 10.2. The minimum absolute atomic E-state index is 0.268. The molecule has 0 unspecified atom stereocenters. The quantitative estimate of drug-likeness (QED) is 0.700. The second kappa shape index (κ2) is 4.09. The van der Waals surface area contributed by atoms with Gasteiger partial charge in [0.05, 0.1) is 5.52 Å². The molecule has 2 aromatic rings. The maximum atomic E-state index is 10.7. The van der Waals surface area contributed by atoms with Crippen LogP contribution in [0.2, 0.25) is 0 Å². The fourth-order valence-electron chi connectivity index (χ4n) is 1.46. The number of para-hydroxylation sites is 1. The first-order valence-corrected chi connectivity index (χ1v) is 4.73. The van der Waals surface area contributed by atoms with Crippen LogP contribution in [0.1, 0.15) is 12.5 Å². The largest absolute Gasteiger partial charge is 0.461 e. The zero-order chi connectivity index (χ0) is 10.7. The van der Waals surface area contributed by atoms with Crippen LogP contribution in [0.25, 0.3) is 10.9 Å². The number of hydrogen-bond donors (Lipinski definition) is 0. The van der Waals surface area contributed by atoms with E-state index in [9.17, 15) is 4.79 Å². The van der Waals surface area contributed by atoms with Crippen molar-refractivity contribution in [1.82, 2.24) is 4.98 Å². The van der Waals surface area contributed by atoms with Crippen LogP contribution in [0.5, 0.6) is 0 Å². The fraction of sp³-hybridized carbons (Fsp3) is 0.167. The summed E-state index contributed by atoms with van der Waals surface area (Å²) in [5.41, 5.74) is 1.90. The summed E-state index contributed by atoms with van der Waals surface area (Å²) in [6, 6.07) is 9.66. The number of pyridine rings is 1. The molecule has 76 valence electrons. The zero-order valence-electron chi connectivity index (χ0n) is 8.43. The van der Waals surface area contributed by atoms with Crippen molar-refractivity contribution >= 4 is 16.9 Å². The van der Waals surface area contributed by atoms with E-state index < -0.39 is 0 Å². The molecule has 0 bridgehead atoms. The molecule has 0 N–H and O–H groups in total. The number of aromatic nitrogens is 1. The van der Waals surface area contributed by atoms with Gasteiger partial charge in [0.25, 0.3) is 0 Å². The molecule has 0 aliphatic heterocycles. The Morgan fingerprint density at radius 3 is 2.93 bits per heavy atom. The van der Waals surface area contributed by atoms with Crippen molar-refractivity contribution in [2.45, 2.75) is 13.5 Å². The molecule has 3 heteroatoms. The van der Waals surface area contributed by atoms with Crippen molar-refractivity contribution in [3.63, 3.8) is 0 Å². The van der Waals surface area contributed by atoms with Gasteiger partial charge in [0, 0.05) is 24.1 Å². The summed E-state index contributed by atoms with van der Waals surface area (Å²) >= 11 is 0. The number of carbonyl (C=O) groups is 1. The minimum Gasteiger partial charge on any atom is -0.461 e. The third-order valence-corrected chi connectivity index (χ3v) is 2.17. The second-order valence-electron chi connectivity index (χ2n) is 3.27. The fourth-order valence-corrected chi connectivity index (χ4v) is 1.46. The minimum atomic E-state index is -0.268. The van der Waals surface area contributed by atoms with E-state index in [-0.39, 0.29) is 5.97 Å². The maximum absolute atomic E-state index is 10.7. The highest BCUT2D eigenvalue weighted by Crippen LogP contribution is 2.16. The van der Waals surface area contributed by atoms with Crippen molar-refractivity contribution in [3.05, 3.63) is 42.1 Å². The van der Waals surface area contributed by atoms with Gasteiger partial charge in [0.2, 0.25) is 0 Å². The lowest BCUT2D eigenvalue weighted by Gasteiger charge is -2.05. The van der Waals surface area contributed by atoms with Crippen molar-refractivity contribution in [2.75, 3.05) is 0 Å². The van der Waals surface area contributed by atoms with Crippen LogP contribution in [0, 0.1) is 0 Å². The first kappa shape index (κ1) is 9.65. The topological polar surface area (TPSA) is 39.2 Å². The molecule has 0 radical (unpaired) electrons. The Hall–Kier alpha value is -1.90. The second-order valence-corrected chi connectivity index (χ2v) is 3.27. The molecule has 0 amide bonds. The third kappa shape index (κ3) is 2.13. The van der Waals surface area contributed by atoms with Crippen molar-refractivity contribution < 1.29 is 9.53 Å². The van der Waals surface area contributed by atoms with Crippen LogP contribution in [0.4, 0.5) is 0 Å². The van der Waals surface area contributed by atoms with Gasteiger partial charge >= 0.3 is 5.97 Å². The Bertz CT molecular complexity index is 488. The Morgan fingerprint density at radius 1 is 1.33 bits per heavy atom. The van der Waals surface area contributed by atoms with Gasteiger partial charge in [-0.05, 0) is 12.1 Å². The highest BCUT2D eigenvalue weighted by atomic mass is 16.5. The number of fused-ring (bicyclic) bond motifs is 1. The summed E-state index contributed by atoms with van der Waals surface area (Å²) in [5, 5.41) is 1.03. The zero-order valence-corrected chi connectivity index (χ0v) is 8.43. The molecule has 15 heavy (non-hydrogen) atoms. The Labute approximate surface area is 87.7 Å². The molecule has 0 saturated heterocycles. The highest BCUT2D eigenvalue weighted by molar-refractivity contribution is 5.81. The Balaban J connectivity index is 2.38. The van der Waals surface area contributed by atoms with Crippen molar-refractivity contribution in [2.24, 2.45) is 0 Å².